The van der Waals surface area contributed by atoms with E-state index >= 15 is 0 Å². The second-order valence-corrected chi connectivity index (χ2v) is 6.19. The number of hydrogen-bond acceptors (Lipinski definition) is 1. The van der Waals surface area contributed by atoms with E-state index in [1.807, 2.05) is 6.92 Å². The summed E-state index contributed by atoms with van der Waals surface area (Å²) in [4.78, 5) is 0. The zero-order valence-electron chi connectivity index (χ0n) is 11.8. The number of likely N-dealkylation sites (N-methyl/N-ethyl adjacent to an activating group) is 1. The number of alkyl halides is 1. The Labute approximate surface area is 118 Å². The number of aliphatic hydroxyl groups excluding tert-OH is 1. The van der Waals surface area contributed by atoms with E-state index in [-0.39, 0.29) is 18.5 Å². The minimum atomic E-state index is -0.233. The Balaban J connectivity index is 0. The van der Waals surface area contributed by atoms with E-state index in [9.17, 15) is 5.11 Å². The van der Waals surface area contributed by atoms with Crippen LogP contribution in [-0.4, -0.2) is 48.3 Å². The summed E-state index contributed by atoms with van der Waals surface area (Å²) >= 11 is 6.29. The maximum Gasteiger partial charge on any atom is 0.104 e. The first-order valence-corrected chi connectivity index (χ1v) is 6.95. The lowest BCUT2D eigenvalue weighted by molar-refractivity contribution is -0.893. The molecule has 0 aromatic rings. The van der Waals surface area contributed by atoms with Crippen LogP contribution in [0.2, 0.25) is 0 Å². The molecule has 0 aliphatic carbocycles. The van der Waals surface area contributed by atoms with E-state index in [0.717, 1.165) is 30.4 Å². The maximum absolute atomic E-state index is 9.38. The molecule has 106 valence electrons. The summed E-state index contributed by atoms with van der Waals surface area (Å²) in [5.41, 5.74) is 0. The topological polar surface area (TPSA) is 20.2 Å². The zero-order valence-corrected chi connectivity index (χ0v) is 13.3. The van der Waals surface area contributed by atoms with Crippen molar-refractivity contribution in [1.82, 2.24) is 0 Å². The Bertz CT molecular complexity index is 175. The second-order valence-electron chi connectivity index (χ2n) is 5.57. The van der Waals surface area contributed by atoms with E-state index in [2.05, 4.69) is 21.0 Å². The van der Waals surface area contributed by atoms with Crippen molar-refractivity contribution in [2.24, 2.45) is 0 Å². The summed E-state index contributed by atoms with van der Waals surface area (Å²) < 4.78 is 0.856. The third kappa shape index (κ3) is 12.7. The number of unbranched alkanes of at least 4 members (excludes halogenated alkanes) is 2. The molecule has 0 saturated carbocycles. The summed E-state index contributed by atoms with van der Waals surface area (Å²) in [7, 11) is 4.31. The summed E-state index contributed by atoms with van der Waals surface area (Å²) in [5.74, 6) is 0. The number of hydrogen-bond donors (Lipinski definition) is 1. The molecule has 2 atom stereocenters. The van der Waals surface area contributed by atoms with Crippen molar-refractivity contribution < 1.29 is 22.0 Å². The summed E-state index contributed by atoms with van der Waals surface area (Å²) in [6, 6.07) is 0. The minimum absolute atomic E-state index is 0. The van der Waals surface area contributed by atoms with Gasteiger partial charge in [-0.3, -0.25) is 0 Å². The average Bonchev–Trinajstić information content (AvgIpc) is 2.13. The van der Waals surface area contributed by atoms with E-state index in [4.69, 9.17) is 11.6 Å². The van der Waals surface area contributed by atoms with Gasteiger partial charge in [0.25, 0.3) is 0 Å². The Morgan fingerprint density at radius 3 is 2.24 bits per heavy atom. The molecular weight excluding hydrogens is 257 g/mol. The predicted octanol–water partition coefficient (Wildman–Crippen LogP) is 0.0254. The Morgan fingerprint density at radius 1 is 1.18 bits per heavy atom. The fourth-order valence-corrected chi connectivity index (χ4v) is 2.31. The van der Waals surface area contributed by atoms with Gasteiger partial charge in [0.1, 0.15) is 12.6 Å². The van der Waals surface area contributed by atoms with Crippen LogP contribution in [0.25, 0.3) is 0 Å². The van der Waals surface area contributed by atoms with Crippen molar-refractivity contribution in [3.8, 4) is 0 Å². The molecule has 2 unspecified atom stereocenters. The maximum atomic E-state index is 9.38. The van der Waals surface area contributed by atoms with Crippen molar-refractivity contribution in [3.63, 3.8) is 0 Å². The molecular formula is C13H29Cl2NO. The number of quaternary nitrogens is 1. The molecule has 0 bridgehead atoms. The number of rotatable bonds is 9. The van der Waals surface area contributed by atoms with Crippen molar-refractivity contribution in [3.05, 3.63) is 0 Å². The lowest BCUT2D eigenvalue weighted by Gasteiger charge is -2.31. The Morgan fingerprint density at radius 2 is 1.76 bits per heavy atom. The molecule has 0 saturated heterocycles. The van der Waals surface area contributed by atoms with Crippen LogP contribution >= 0.6 is 11.6 Å². The molecule has 0 fully saturated rings. The van der Waals surface area contributed by atoms with Gasteiger partial charge < -0.3 is 22.0 Å². The summed E-state index contributed by atoms with van der Waals surface area (Å²) in [6.07, 6.45) is 5.73. The van der Waals surface area contributed by atoms with Crippen molar-refractivity contribution in [2.45, 2.75) is 57.4 Å². The van der Waals surface area contributed by atoms with Crippen LogP contribution in [0, 0.1) is 0 Å². The van der Waals surface area contributed by atoms with Crippen molar-refractivity contribution >= 4 is 11.6 Å². The second kappa shape index (κ2) is 10.4. The molecule has 0 aromatic carbocycles. The van der Waals surface area contributed by atoms with Gasteiger partial charge in [0.2, 0.25) is 0 Å². The average molecular weight is 286 g/mol. The van der Waals surface area contributed by atoms with Gasteiger partial charge in [-0.25, -0.2) is 0 Å². The number of aliphatic hydroxyl groups is 1. The smallest absolute Gasteiger partial charge is 0.104 e. The third-order valence-corrected chi connectivity index (χ3v) is 3.36. The van der Waals surface area contributed by atoms with Crippen LogP contribution in [0.5, 0.6) is 0 Å². The minimum Gasteiger partial charge on any atom is -1.00 e. The predicted molar refractivity (Wildman–Crippen MR) is 71.9 cm³/mol. The van der Waals surface area contributed by atoms with Gasteiger partial charge in [-0.05, 0) is 13.3 Å². The van der Waals surface area contributed by atoms with E-state index in [1.54, 1.807) is 0 Å². The lowest BCUT2D eigenvalue weighted by atomic mass is 10.1. The highest BCUT2D eigenvalue weighted by molar-refractivity contribution is 6.20. The molecule has 2 nitrogen and oxygen atoms in total. The molecule has 0 aliphatic heterocycles. The van der Waals surface area contributed by atoms with Crippen LogP contribution in [-0.2, 0) is 0 Å². The van der Waals surface area contributed by atoms with E-state index in [0.29, 0.717) is 5.38 Å². The SMILES string of the molecule is CCCCCC(Cl)CC[N+](C)(C)CC(C)O.[Cl-]. The Hall–Kier alpha value is 0.500. The first kappa shape index (κ1) is 19.8. The van der Waals surface area contributed by atoms with Gasteiger partial charge in [-0.15, -0.1) is 11.6 Å². The van der Waals surface area contributed by atoms with Crippen molar-refractivity contribution in [2.75, 3.05) is 27.2 Å². The van der Waals surface area contributed by atoms with Gasteiger partial charge in [0.05, 0.1) is 20.6 Å². The van der Waals surface area contributed by atoms with Crippen LogP contribution in [0.4, 0.5) is 0 Å². The molecule has 0 aliphatic rings. The fraction of sp³-hybridized carbons (Fsp3) is 1.00. The molecule has 0 aromatic heterocycles. The highest BCUT2D eigenvalue weighted by Gasteiger charge is 2.19. The molecule has 4 heteroatoms. The molecule has 0 radical (unpaired) electrons. The van der Waals surface area contributed by atoms with Crippen molar-refractivity contribution in [1.29, 1.82) is 0 Å². The van der Waals surface area contributed by atoms with Gasteiger partial charge in [0.15, 0.2) is 0 Å². The van der Waals surface area contributed by atoms with Gasteiger partial charge in [0, 0.05) is 11.8 Å². The number of nitrogens with zero attached hydrogens (tertiary/aromatic N) is 1. The highest BCUT2D eigenvalue weighted by atomic mass is 35.5. The molecule has 17 heavy (non-hydrogen) atoms. The lowest BCUT2D eigenvalue weighted by Crippen LogP contribution is -3.00. The first-order chi connectivity index (χ1) is 7.37. The van der Waals surface area contributed by atoms with Gasteiger partial charge in [-0.1, -0.05) is 26.2 Å². The first-order valence-electron chi connectivity index (χ1n) is 6.51. The molecule has 0 heterocycles. The third-order valence-electron chi connectivity index (χ3n) is 2.93. The normalized spacial score (nSPS) is 15.2. The quantitative estimate of drug-likeness (QED) is 0.360. The number of halogens is 2. The van der Waals surface area contributed by atoms with Gasteiger partial charge in [-0.2, -0.15) is 0 Å². The Kier molecular flexibility index (Phi) is 12.2. The van der Waals surface area contributed by atoms with Crippen LogP contribution < -0.4 is 12.4 Å². The molecule has 1 N–H and O–H groups in total. The monoisotopic (exact) mass is 285 g/mol. The molecule has 0 rings (SSSR count). The fourth-order valence-electron chi connectivity index (χ4n) is 2.06. The zero-order chi connectivity index (χ0) is 12.6. The largest absolute Gasteiger partial charge is 1.00 e. The van der Waals surface area contributed by atoms with E-state index < -0.39 is 0 Å². The summed E-state index contributed by atoms with van der Waals surface area (Å²) in [5, 5.41) is 9.68. The van der Waals surface area contributed by atoms with Crippen LogP contribution in [0.15, 0.2) is 0 Å². The van der Waals surface area contributed by atoms with Gasteiger partial charge >= 0.3 is 0 Å². The van der Waals surface area contributed by atoms with E-state index in [1.165, 1.54) is 19.3 Å². The van der Waals surface area contributed by atoms with Crippen LogP contribution in [0.1, 0.15) is 46.0 Å². The van der Waals surface area contributed by atoms with Crippen LogP contribution in [0.3, 0.4) is 0 Å². The summed E-state index contributed by atoms with van der Waals surface area (Å²) in [6.45, 7) is 5.91. The standard InChI is InChI=1S/C13H29ClNO.ClH/c1-5-6-7-8-13(14)9-10-15(3,4)11-12(2)16;/h12-13,16H,5-11H2,1-4H3;1H/q+1;/p-1. The highest BCUT2D eigenvalue weighted by Crippen LogP contribution is 2.14. The molecule has 0 spiro atoms. The molecule has 0 amide bonds.